The molecule has 3 aromatic carbocycles. The molecule has 0 saturated heterocycles. The van der Waals surface area contributed by atoms with E-state index in [-0.39, 0.29) is 24.3 Å². The van der Waals surface area contributed by atoms with Gasteiger partial charge in [0.05, 0.1) is 0 Å². The number of carbonyl (C=O) groups is 3. The number of benzene rings is 3. The number of rotatable bonds is 9. The van der Waals surface area contributed by atoms with E-state index in [1.165, 1.54) is 0 Å². The van der Waals surface area contributed by atoms with Crippen molar-refractivity contribution in [3.05, 3.63) is 107 Å². The third-order valence-electron chi connectivity index (χ3n) is 6.86. The zero-order valence-electron chi connectivity index (χ0n) is 20.8. The Morgan fingerprint density at radius 2 is 1.49 bits per heavy atom. The van der Waals surface area contributed by atoms with Crippen molar-refractivity contribution < 1.29 is 19.1 Å². The summed E-state index contributed by atoms with van der Waals surface area (Å²) in [7, 11) is 0. The summed E-state index contributed by atoms with van der Waals surface area (Å²) in [6.45, 7) is 0.567. The van der Waals surface area contributed by atoms with E-state index in [0.717, 1.165) is 42.4 Å². The summed E-state index contributed by atoms with van der Waals surface area (Å²) in [6.07, 6.45) is 3.19. The summed E-state index contributed by atoms with van der Waals surface area (Å²) in [5.74, 6) is -0.914. The molecule has 1 fully saturated rings. The number of ether oxygens (including phenoxy) is 1. The molecule has 4 N–H and O–H groups in total. The topological polar surface area (TPSA) is 111 Å². The van der Waals surface area contributed by atoms with Gasteiger partial charge in [0.1, 0.15) is 12.6 Å². The summed E-state index contributed by atoms with van der Waals surface area (Å²) in [5.41, 5.74) is 9.23. The second-order valence-corrected chi connectivity index (χ2v) is 9.41. The molecule has 0 radical (unpaired) electrons. The van der Waals surface area contributed by atoms with Gasteiger partial charge in [-0.1, -0.05) is 97.8 Å². The molecule has 4 rings (SSSR count). The fourth-order valence-corrected chi connectivity index (χ4v) is 4.89. The van der Waals surface area contributed by atoms with Crippen molar-refractivity contribution >= 4 is 17.9 Å². The number of nitrogens with one attached hydrogen (secondary N) is 2. The Bertz CT molecular complexity index is 1180. The van der Waals surface area contributed by atoms with Gasteiger partial charge in [-0.3, -0.25) is 9.59 Å². The van der Waals surface area contributed by atoms with Gasteiger partial charge < -0.3 is 21.1 Å². The van der Waals surface area contributed by atoms with Crippen molar-refractivity contribution in [1.82, 2.24) is 10.6 Å². The van der Waals surface area contributed by atoms with Gasteiger partial charge in [0, 0.05) is 12.5 Å². The highest BCUT2D eigenvalue weighted by Gasteiger charge is 2.34. The molecule has 3 amide bonds. The minimum Gasteiger partial charge on any atom is -0.445 e. The zero-order chi connectivity index (χ0) is 26.0. The SMILES string of the molecule is NC(=O)[C@@H](NC(=O)[C@@H]1CCCC[C@H]1c1ccc(CNC(=O)OCc2ccccc2)cc1)c1ccccc1. The number of hydrogen-bond donors (Lipinski definition) is 3. The third-order valence-corrected chi connectivity index (χ3v) is 6.86. The average Bonchev–Trinajstić information content (AvgIpc) is 2.94. The lowest BCUT2D eigenvalue weighted by Crippen LogP contribution is -2.42. The molecular formula is C30H33N3O4. The van der Waals surface area contributed by atoms with Gasteiger partial charge in [-0.05, 0) is 41.0 Å². The van der Waals surface area contributed by atoms with Crippen LogP contribution < -0.4 is 16.4 Å². The molecule has 0 bridgehead atoms. The predicted octanol–water partition coefficient (Wildman–Crippen LogP) is 4.73. The molecule has 7 nitrogen and oxygen atoms in total. The molecule has 0 aliphatic heterocycles. The first-order chi connectivity index (χ1) is 18.0. The second-order valence-electron chi connectivity index (χ2n) is 9.41. The first-order valence-electron chi connectivity index (χ1n) is 12.7. The molecule has 7 heteroatoms. The van der Waals surface area contributed by atoms with Gasteiger partial charge in [-0.25, -0.2) is 4.79 Å². The maximum atomic E-state index is 13.3. The smallest absolute Gasteiger partial charge is 0.407 e. The largest absolute Gasteiger partial charge is 0.445 e. The molecule has 0 heterocycles. The van der Waals surface area contributed by atoms with Crippen LogP contribution in [0.4, 0.5) is 4.79 Å². The van der Waals surface area contributed by atoms with Crippen LogP contribution in [-0.2, 0) is 27.5 Å². The Morgan fingerprint density at radius 3 is 2.16 bits per heavy atom. The summed E-state index contributed by atoms with van der Waals surface area (Å²) in [4.78, 5) is 37.4. The number of nitrogens with two attached hydrogens (primary N) is 1. The molecule has 0 unspecified atom stereocenters. The van der Waals surface area contributed by atoms with Gasteiger partial charge in [0.15, 0.2) is 0 Å². The van der Waals surface area contributed by atoms with Crippen molar-refractivity contribution in [1.29, 1.82) is 0 Å². The van der Waals surface area contributed by atoms with Crippen LogP contribution in [0, 0.1) is 5.92 Å². The monoisotopic (exact) mass is 499 g/mol. The van der Waals surface area contributed by atoms with Gasteiger partial charge in [-0.2, -0.15) is 0 Å². The van der Waals surface area contributed by atoms with Crippen LogP contribution in [0.25, 0.3) is 0 Å². The summed E-state index contributed by atoms with van der Waals surface area (Å²) in [5, 5.41) is 5.67. The van der Waals surface area contributed by atoms with Crippen LogP contribution in [0.3, 0.4) is 0 Å². The van der Waals surface area contributed by atoms with Crippen molar-refractivity contribution in [3.63, 3.8) is 0 Å². The lowest BCUT2D eigenvalue weighted by Gasteiger charge is -2.32. The van der Waals surface area contributed by atoms with E-state index >= 15 is 0 Å². The predicted molar refractivity (Wildman–Crippen MR) is 141 cm³/mol. The van der Waals surface area contributed by atoms with E-state index in [1.807, 2.05) is 72.8 Å². The minimum absolute atomic E-state index is 0.0518. The van der Waals surface area contributed by atoms with Crippen LogP contribution >= 0.6 is 0 Å². The molecule has 192 valence electrons. The standard InChI is InChI=1S/C30H33N3O4/c31-28(34)27(24-11-5-2-6-12-24)33-29(35)26-14-8-7-13-25(26)23-17-15-21(16-18-23)19-32-30(36)37-20-22-9-3-1-4-10-22/h1-6,9-12,15-18,25-27H,7-8,13-14,19-20H2,(H2,31,34)(H,32,36)(H,33,35)/t25-,26+,27-/m0/s1. The highest BCUT2D eigenvalue weighted by Crippen LogP contribution is 2.38. The second kappa shape index (κ2) is 12.7. The fourth-order valence-electron chi connectivity index (χ4n) is 4.89. The normalized spacial score (nSPS) is 17.8. The maximum absolute atomic E-state index is 13.3. The van der Waals surface area contributed by atoms with E-state index < -0.39 is 18.0 Å². The first kappa shape index (κ1) is 25.9. The van der Waals surface area contributed by atoms with E-state index in [9.17, 15) is 14.4 Å². The molecule has 1 aliphatic rings. The van der Waals surface area contributed by atoms with Gasteiger partial charge in [0.25, 0.3) is 0 Å². The van der Waals surface area contributed by atoms with E-state index in [4.69, 9.17) is 10.5 Å². The quantitative estimate of drug-likeness (QED) is 0.395. The molecule has 37 heavy (non-hydrogen) atoms. The van der Waals surface area contributed by atoms with Crippen LogP contribution in [0.5, 0.6) is 0 Å². The van der Waals surface area contributed by atoms with E-state index in [1.54, 1.807) is 12.1 Å². The number of alkyl carbamates (subject to hydrolysis) is 1. The van der Waals surface area contributed by atoms with Crippen molar-refractivity contribution in [2.75, 3.05) is 0 Å². The zero-order valence-corrected chi connectivity index (χ0v) is 20.8. The molecule has 0 aromatic heterocycles. The Kier molecular flexibility index (Phi) is 8.92. The number of primary amides is 1. The Balaban J connectivity index is 1.34. The Labute approximate surface area is 217 Å². The lowest BCUT2D eigenvalue weighted by molar-refractivity contribution is -0.131. The third kappa shape index (κ3) is 7.19. The maximum Gasteiger partial charge on any atom is 0.407 e. The molecular weight excluding hydrogens is 466 g/mol. The first-order valence-corrected chi connectivity index (χ1v) is 12.7. The van der Waals surface area contributed by atoms with Gasteiger partial charge in [0.2, 0.25) is 11.8 Å². The van der Waals surface area contributed by atoms with Crippen molar-refractivity contribution in [2.45, 2.75) is 50.8 Å². The van der Waals surface area contributed by atoms with Crippen LogP contribution in [-0.4, -0.2) is 17.9 Å². The fraction of sp³-hybridized carbons (Fsp3) is 0.300. The van der Waals surface area contributed by atoms with Crippen molar-refractivity contribution in [3.8, 4) is 0 Å². The average molecular weight is 500 g/mol. The number of carbonyl (C=O) groups excluding carboxylic acids is 3. The van der Waals surface area contributed by atoms with E-state index in [2.05, 4.69) is 10.6 Å². The molecule has 1 aliphatic carbocycles. The Hall–Kier alpha value is -4.13. The highest BCUT2D eigenvalue weighted by atomic mass is 16.5. The molecule has 1 saturated carbocycles. The van der Waals surface area contributed by atoms with Crippen LogP contribution in [0.2, 0.25) is 0 Å². The van der Waals surface area contributed by atoms with Crippen LogP contribution in [0.1, 0.15) is 59.9 Å². The molecule has 3 aromatic rings. The Morgan fingerprint density at radius 1 is 0.838 bits per heavy atom. The van der Waals surface area contributed by atoms with Gasteiger partial charge in [-0.15, -0.1) is 0 Å². The summed E-state index contributed by atoms with van der Waals surface area (Å²) >= 11 is 0. The lowest BCUT2D eigenvalue weighted by atomic mass is 9.74. The van der Waals surface area contributed by atoms with Crippen LogP contribution in [0.15, 0.2) is 84.9 Å². The number of hydrogen-bond acceptors (Lipinski definition) is 4. The van der Waals surface area contributed by atoms with E-state index in [0.29, 0.717) is 12.1 Å². The van der Waals surface area contributed by atoms with Gasteiger partial charge >= 0.3 is 6.09 Å². The molecule has 3 atom stereocenters. The van der Waals surface area contributed by atoms with Crippen molar-refractivity contribution in [2.24, 2.45) is 11.7 Å². The summed E-state index contributed by atoms with van der Waals surface area (Å²) in [6, 6.07) is 25.7. The molecule has 0 spiro atoms. The highest BCUT2D eigenvalue weighted by molar-refractivity contribution is 5.89. The minimum atomic E-state index is -0.855. The number of amides is 3. The summed E-state index contributed by atoms with van der Waals surface area (Å²) < 4.78 is 5.26.